The molecule has 162 valence electrons. The minimum Gasteiger partial charge on any atom is -0.507 e. The molecule has 1 amide bonds. The van der Waals surface area contributed by atoms with Crippen LogP contribution < -0.4 is 14.4 Å². The third kappa shape index (κ3) is 3.13. The first-order valence-electron chi connectivity index (χ1n) is 10.3. The smallest absolute Gasteiger partial charge is 0.300 e. The Hall–Kier alpha value is -4.00. The van der Waals surface area contributed by atoms with E-state index in [0.717, 1.165) is 11.3 Å². The molecular weight excluding hydrogens is 410 g/mol. The predicted molar refractivity (Wildman–Crippen MR) is 117 cm³/mol. The molecule has 0 aliphatic carbocycles. The molecule has 2 aromatic carbocycles. The van der Waals surface area contributed by atoms with Crippen molar-refractivity contribution in [1.29, 1.82) is 0 Å². The van der Waals surface area contributed by atoms with E-state index in [0.29, 0.717) is 29.2 Å². The van der Waals surface area contributed by atoms with E-state index in [-0.39, 0.29) is 17.4 Å². The monoisotopic (exact) mass is 431 g/mol. The van der Waals surface area contributed by atoms with Crippen LogP contribution in [-0.4, -0.2) is 30.0 Å². The number of carbonyl (C=O) groups excluding carboxylic acids is 2. The molecule has 2 atom stereocenters. The van der Waals surface area contributed by atoms with Crippen molar-refractivity contribution in [3.8, 4) is 11.5 Å². The van der Waals surface area contributed by atoms with Crippen LogP contribution in [-0.2, 0) is 16.0 Å². The highest BCUT2D eigenvalue weighted by Crippen LogP contribution is 2.43. The number of aliphatic hydroxyl groups excluding tert-OH is 1. The molecule has 1 fully saturated rings. The number of amides is 1. The number of ketones is 1. The highest BCUT2D eigenvalue weighted by Gasteiger charge is 2.48. The Morgan fingerprint density at radius 2 is 1.97 bits per heavy atom. The lowest BCUT2D eigenvalue weighted by Crippen LogP contribution is -2.29. The van der Waals surface area contributed by atoms with Crippen LogP contribution in [0.4, 0.5) is 5.69 Å². The number of methoxy groups -OCH3 is 1. The van der Waals surface area contributed by atoms with Gasteiger partial charge < -0.3 is 19.0 Å². The van der Waals surface area contributed by atoms with Crippen molar-refractivity contribution in [2.24, 2.45) is 0 Å². The van der Waals surface area contributed by atoms with Gasteiger partial charge in [0.2, 0.25) is 0 Å². The van der Waals surface area contributed by atoms with E-state index in [4.69, 9.17) is 13.9 Å². The largest absolute Gasteiger partial charge is 0.507 e. The van der Waals surface area contributed by atoms with Crippen molar-refractivity contribution >= 4 is 23.1 Å². The lowest BCUT2D eigenvalue weighted by atomic mass is 9.97. The van der Waals surface area contributed by atoms with Crippen molar-refractivity contribution in [3.05, 3.63) is 83.3 Å². The number of benzene rings is 2. The first kappa shape index (κ1) is 19.9. The van der Waals surface area contributed by atoms with Crippen molar-refractivity contribution < 1.29 is 28.6 Å². The third-order valence-corrected chi connectivity index (χ3v) is 5.76. The minimum absolute atomic E-state index is 0.0281. The normalized spacial score (nSPS) is 21.5. The van der Waals surface area contributed by atoms with Crippen LogP contribution in [0, 0.1) is 0 Å². The molecule has 0 spiro atoms. The third-order valence-electron chi connectivity index (χ3n) is 5.76. The number of rotatable bonds is 4. The summed E-state index contributed by atoms with van der Waals surface area (Å²) in [7, 11) is 1.52. The molecule has 5 rings (SSSR count). The van der Waals surface area contributed by atoms with Crippen LogP contribution in [0.3, 0.4) is 0 Å². The van der Waals surface area contributed by atoms with E-state index >= 15 is 0 Å². The molecule has 0 radical (unpaired) electrons. The predicted octanol–water partition coefficient (Wildman–Crippen LogP) is 4.24. The summed E-state index contributed by atoms with van der Waals surface area (Å²) in [5.74, 6) is -0.121. The van der Waals surface area contributed by atoms with Crippen LogP contribution in [0.2, 0.25) is 0 Å². The molecule has 0 saturated carbocycles. The molecule has 2 aliphatic rings. The number of nitrogens with zero attached hydrogens (tertiary/aromatic N) is 1. The van der Waals surface area contributed by atoms with Gasteiger partial charge in [-0.05, 0) is 55.0 Å². The fourth-order valence-electron chi connectivity index (χ4n) is 4.30. The average molecular weight is 431 g/mol. The van der Waals surface area contributed by atoms with Gasteiger partial charge in [-0.15, -0.1) is 0 Å². The maximum Gasteiger partial charge on any atom is 0.300 e. The number of fused-ring (bicyclic) bond motifs is 1. The summed E-state index contributed by atoms with van der Waals surface area (Å²) in [6.07, 6.45) is 2.22. The molecule has 0 bridgehead atoms. The van der Waals surface area contributed by atoms with E-state index in [1.54, 1.807) is 54.6 Å². The van der Waals surface area contributed by atoms with Gasteiger partial charge >= 0.3 is 0 Å². The van der Waals surface area contributed by atoms with Crippen LogP contribution in [0.25, 0.3) is 5.76 Å². The summed E-state index contributed by atoms with van der Waals surface area (Å²) in [6, 6.07) is 14.5. The second-order valence-electron chi connectivity index (χ2n) is 7.84. The SMILES string of the molecule is COc1cccc(N2C(=O)C(=O)/C(=C(\O)c3ccc4c(c3)CC(C)O4)C2c2ccco2)c1. The summed E-state index contributed by atoms with van der Waals surface area (Å²) in [5, 5.41) is 11.2. The van der Waals surface area contributed by atoms with Gasteiger partial charge in [-0.25, -0.2) is 0 Å². The topological polar surface area (TPSA) is 89.2 Å². The van der Waals surface area contributed by atoms with Crippen molar-refractivity contribution in [1.82, 2.24) is 0 Å². The van der Waals surface area contributed by atoms with Crippen LogP contribution >= 0.6 is 0 Å². The van der Waals surface area contributed by atoms with Gasteiger partial charge in [-0.1, -0.05) is 6.07 Å². The zero-order chi connectivity index (χ0) is 22.4. The second kappa shape index (κ2) is 7.60. The average Bonchev–Trinajstić information content (AvgIpc) is 3.51. The molecule has 7 nitrogen and oxygen atoms in total. The standard InChI is InChI=1S/C25H21NO6/c1-14-11-16-12-15(8-9-19(16)32-14)23(27)21-22(20-7-4-10-31-20)26(25(29)24(21)28)17-5-3-6-18(13-17)30-2/h3-10,12-14,22,27H,11H2,1-2H3/b23-21-. The van der Waals surface area contributed by atoms with Crippen molar-refractivity contribution in [3.63, 3.8) is 0 Å². The van der Waals surface area contributed by atoms with Gasteiger partial charge in [0.1, 0.15) is 35.2 Å². The van der Waals surface area contributed by atoms with Crippen LogP contribution in [0.1, 0.15) is 29.9 Å². The summed E-state index contributed by atoms with van der Waals surface area (Å²) >= 11 is 0. The lowest BCUT2D eigenvalue weighted by Gasteiger charge is -2.23. The Kier molecular flexibility index (Phi) is 4.74. The Balaban J connectivity index is 1.66. The number of anilines is 1. The van der Waals surface area contributed by atoms with Gasteiger partial charge in [-0.2, -0.15) is 0 Å². The van der Waals surface area contributed by atoms with Crippen LogP contribution in [0.5, 0.6) is 11.5 Å². The van der Waals surface area contributed by atoms with Gasteiger partial charge in [0, 0.05) is 23.7 Å². The Morgan fingerprint density at radius 1 is 1.12 bits per heavy atom. The quantitative estimate of drug-likeness (QED) is 0.378. The highest BCUT2D eigenvalue weighted by atomic mass is 16.5. The summed E-state index contributed by atoms with van der Waals surface area (Å²) in [5.41, 5.74) is 1.82. The molecule has 32 heavy (non-hydrogen) atoms. The van der Waals surface area contributed by atoms with Crippen molar-refractivity contribution in [2.45, 2.75) is 25.5 Å². The van der Waals surface area contributed by atoms with Gasteiger partial charge in [0.15, 0.2) is 0 Å². The first-order chi connectivity index (χ1) is 15.5. The Bertz CT molecular complexity index is 1240. The molecule has 7 heteroatoms. The van der Waals surface area contributed by atoms with Gasteiger partial charge in [0.25, 0.3) is 11.7 Å². The number of hydrogen-bond donors (Lipinski definition) is 1. The number of hydrogen-bond acceptors (Lipinski definition) is 6. The molecule has 3 heterocycles. The zero-order valence-corrected chi connectivity index (χ0v) is 17.6. The molecule has 1 saturated heterocycles. The molecular formula is C25H21NO6. The first-order valence-corrected chi connectivity index (χ1v) is 10.3. The number of furan rings is 1. The number of Topliss-reactive ketones (excluding diaryl/α,β-unsaturated/α-hetero) is 1. The molecule has 3 aromatic rings. The Labute approximate surface area is 184 Å². The van der Waals surface area contributed by atoms with E-state index in [2.05, 4.69) is 0 Å². The fraction of sp³-hybridized carbons (Fsp3) is 0.200. The van der Waals surface area contributed by atoms with E-state index in [1.807, 2.05) is 6.92 Å². The van der Waals surface area contributed by atoms with E-state index < -0.39 is 17.7 Å². The molecule has 2 aliphatic heterocycles. The van der Waals surface area contributed by atoms with Crippen molar-refractivity contribution in [2.75, 3.05) is 12.0 Å². The minimum atomic E-state index is -0.916. The molecule has 1 aromatic heterocycles. The van der Waals surface area contributed by atoms with E-state index in [1.165, 1.54) is 18.3 Å². The Morgan fingerprint density at radius 3 is 2.72 bits per heavy atom. The van der Waals surface area contributed by atoms with Crippen LogP contribution in [0.15, 0.2) is 70.9 Å². The molecule has 1 N–H and O–H groups in total. The highest BCUT2D eigenvalue weighted by molar-refractivity contribution is 6.51. The number of aliphatic hydroxyl groups is 1. The zero-order valence-electron chi connectivity index (χ0n) is 17.6. The summed E-state index contributed by atoms with van der Waals surface area (Å²) in [6.45, 7) is 1.97. The lowest BCUT2D eigenvalue weighted by molar-refractivity contribution is -0.132. The fourth-order valence-corrected chi connectivity index (χ4v) is 4.30. The second-order valence-corrected chi connectivity index (χ2v) is 7.84. The van der Waals surface area contributed by atoms with Gasteiger partial charge in [-0.3, -0.25) is 14.5 Å². The summed E-state index contributed by atoms with van der Waals surface area (Å²) < 4.78 is 16.6. The number of ether oxygens (including phenoxy) is 2. The van der Waals surface area contributed by atoms with Gasteiger partial charge in [0.05, 0.1) is 18.9 Å². The summed E-state index contributed by atoms with van der Waals surface area (Å²) in [4.78, 5) is 27.6. The van der Waals surface area contributed by atoms with E-state index in [9.17, 15) is 14.7 Å². The maximum atomic E-state index is 13.1. The maximum absolute atomic E-state index is 13.1. The number of carbonyl (C=O) groups is 2. The molecule has 2 unspecified atom stereocenters.